The SMILES string of the molecule is COc1cc(CNC(C)c2ccc(C)o2)cc([N+](=O)[O-])c1. The van der Waals surface area contributed by atoms with Gasteiger partial charge in [0.2, 0.25) is 0 Å². The van der Waals surface area contributed by atoms with Gasteiger partial charge in [-0.3, -0.25) is 10.1 Å². The maximum absolute atomic E-state index is 10.9. The molecule has 0 radical (unpaired) electrons. The molecule has 1 N–H and O–H groups in total. The summed E-state index contributed by atoms with van der Waals surface area (Å²) in [5.41, 5.74) is 0.809. The third kappa shape index (κ3) is 3.82. The second-order valence-corrected chi connectivity index (χ2v) is 4.85. The smallest absolute Gasteiger partial charge is 0.273 e. The molecule has 1 unspecified atom stereocenters. The number of aryl methyl sites for hydroxylation is 1. The number of methoxy groups -OCH3 is 1. The molecule has 21 heavy (non-hydrogen) atoms. The number of non-ortho nitro benzene ring substituents is 1. The Hall–Kier alpha value is -2.34. The monoisotopic (exact) mass is 290 g/mol. The molecule has 6 heteroatoms. The Morgan fingerprint density at radius 1 is 1.38 bits per heavy atom. The molecule has 1 heterocycles. The maximum atomic E-state index is 10.9. The van der Waals surface area contributed by atoms with Crippen LogP contribution in [0.1, 0.15) is 30.0 Å². The Labute approximate surface area is 122 Å². The molecular weight excluding hydrogens is 272 g/mol. The minimum atomic E-state index is -0.425. The van der Waals surface area contributed by atoms with E-state index in [0.717, 1.165) is 17.1 Å². The molecule has 2 aromatic rings. The summed E-state index contributed by atoms with van der Waals surface area (Å²) in [6.45, 7) is 4.35. The van der Waals surface area contributed by atoms with Gasteiger partial charge in [-0.15, -0.1) is 0 Å². The first kappa shape index (κ1) is 15.1. The number of benzene rings is 1. The second kappa shape index (κ2) is 6.41. The fourth-order valence-corrected chi connectivity index (χ4v) is 2.03. The number of furan rings is 1. The highest BCUT2D eigenvalue weighted by Crippen LogP contribution is 2.23. The van der Waals surface area contributed by atoms with E-state index in [1.54, 1.807) is 6.07 Å². The summed E-state index contributed by atoms with van der Waals surface area (Å²) in [5.74, 6) is 2.17. The van der Waals surface area contributed by atoms with E-state index in [-0.39, 0.29) is 11.7 Å². The zero-order chi connectivity index (χ0) is 15.4. The molecule has 0 spiro atoms. The van der Waals surface area contributed by atoms with Gasteiger partial charge in [-0.1, -0.05) is 0 Å². The third-order valence-electron chi connectivity index (χ3n) is 3.20. The lowest BCUT2D eigenvalue weighted by molar-refractivity contribution is -0.385. The zero-order valence-corrected chi connectivity index (χ0v) is 12.3. The summed E-state index contributed by atoms with van der Waals surface area (Å²) in [6.07, 6.45) is 0. The lowest BCUT2D eigenvalue weighted by atomic mass is 10.1. The number of nitro groups is 1. The van der Waals surface area contributed by atoms with Crippen molar-refractivity contribution in [3.63, 3.8) is 0 Å². The van der Waals surface area contributed by atoms with Gasteiger partial charge in [-0.05, 0) is 37.6 Å². The van der Waals surface area contributed by atoms with Crippen molar-refractivity contribution in [3.8, 4) is 5.75 Å². The van der Waals surface area contributed by atoms with E-state index in [2.05, 4.69) is 5.32 Å². The highest BCUT2D eigenvalue weighted by molar-refractivity contribution is 5.42. The summed E-state index contributed by atoms with van der Waals surface area (Å²) < 4.78 is 10.6. The largest absolute Gasteiger partial charge is 0.496 e. The lowest BCUT2D eigenvalue weighted by Crippen LogP contribution is -2.17. The van der Waals surface area contributed by atoms with E-state index in [4.69, 9.17) is 9.15 Å². The number of hydrogen-bond acceptors (Lipinski definition) is 5. The number of nitro benzene ring substituents is 1. The Balaban J connectivity index is 2.08. The van der Waals surface area contributed by atoms with Crippen LogP contribution in [0.4, 0.5) is 5.69 Å². The van der Waals surface area contributed by atoms with Crippen molar-refractivity contribution in [2.45, 2.75) is 26.4 Å². The molecule has 2 rings (SSSR count). The molecule has 1 aromatic heterocycles. The third-order valence-corrected chi connectivity index (χ3v) is 3.20. The van der Waals surface area contributed by atoms with Gasteiger partial charge in [-0.2, -0.15) is 0 Å². The standard InChI is InChI=1S/C15H18N2O4/c1-10-4-5-15(21-10)11(2)16-9-12-6-13(17(18)19)8-14(7-12)20-3/h4-8,11,16H,9H2,1-3H3. The minimum Gasteiger partial charge on any atom is -0.496 e. The summed E-state index contributed by atoms with van der Waals surface area (Å²) >= 11 is 0. The molecular formula is C15H18N2O4. The van der Waals surface area contributed by atoms with Crippen LogP contribution in [0.2, 0.25) is 0 Å². The summed E-state index contributed by atoms with van der Waals surface area (Å²) in [4.78, 5) is 10.5. The van der Waals surface area contributed by atoms with Crippen LogP contribution in [-0.4, -0.2) is 12.0 Å². The van der Waals surface area contributed by atoms with Crippen LogP contribution in [0, 0.1) is 17.0 Å². The number of ether oxygens (including phenoxy) is 1. The molecule has 0 aliphatic carbocycles. The van der Waals surface area contributed by atoms with Crippen molar-refractivity contribution in [3.05, 3.63) is 57.5 Å². The molecule has 112 valence electrons. The van der Waals surface area contributed by atoms with Crippen molar-refractivity contribution in [1.82, 2.24) is 5.32 Å². The van der Waals surface area contributed by atoms with E-state index in [1.807, 2.05) is 26.0 Å². The molecule has 0 aliphatic heterocycles. The molecule has 1 atom stereocenters. The van der Waals surface area contributed by atoms with Crippen molar-refractivity contribution in [1.29, 1.82) is 0 Å². The Bertz CT molecular complexity index is 636. The van der Waals surface area contributed by atoms with Crippen molar-refractivity contribution in [2.75, 3.05) is 7.11 Å². The Morgan fingerprint density at radius 3 is 2.71 bits per heavy atom. The fraction of sp³-hybridized carbons (Fsp3) is 0.333. The first-order valence-corrected chi connectivity index (χ1v) is 6.61. The highest BCUT2D eigenvalue weighted by Gasteiger charge is 2.12. The number of nitrogens with one attached hydrogen (secondary N) is 1. The second-order valence-electron chi connectivity index (χ2n) is 4.85. The fourth-order valence-electron chi connectivity index (χ4n) is 2.03. The van der Waals surface area contributed by atoms with Crippen LogP contribution in [-0.2, 0) is 6.54 Å². The number of rotatable bonds is 6. The van der Waals surface area contributed by atoms with Gasteiger partial charge in [0.05, 0.1) is 24.1 Å². The predicted molar refractivity (Wildman–Crippen MR) is 78.3 cm³/mol. The van der Waals surface area contributed by atoms with Gasteiger partial charge < -0.3 is 14.5 Å². The predicted octanol–water partition coefficient (Wildman–Crippen LogP) is 3.36. The Kier molecular flexibility index (Phi) is 4.59. The molecule has 0 amide bonds. The zero-order valence-electron chi connectivity index (χ0n) is 12.3. The van der Waals surface area contributed by atoms with Gasteiger partial charge >= 0.3 is 0 Å². The minimum absolute atomic E-state index is 0.0176. The summed E-state index contributed by atoms with van der Waals surface area (Å²) in [6, 6.07) is 8.56. The van der Waals surface area contributed by atoms with Crippen molar-refractivity contribution < 1.29 is 14.1 Å². The first-order valence-electron chi connectivity index (χ1n) is 6.61. The molecule has 0 saturated heterocycles. The average molecular weight is 290 g/mol. The van der Waals surface area contributed by atoms with Crippen LogP contribution in [0.25, 0.3) is 0 Å². The lowest BCUT2D eigenvalue weighted by Gasteiger charge is -2.12. The van der Waals surface area contributed by atoms with E-state index >= 15 is 0 Å². The summed E-state index contributed by atoms with van der Waals surface area (Å²) in [7, 11) is 1.49. The van der Waals surface area contributed by atoms with Crippen LogP contribution in [0.3, 0.4) is 0 Å². The highest BCUT2D eigenvalue weighted by atomic mass is 16.6. The van der Waals surface area contributed by atoms with Gasteiger partial charge in [0, 0.05) is 12.6 Å². The van der Waals surface area contributed by atoms with E-state index < -0.39 is 4.92 Å². The molecule has 0 saturated carbocycles. The van der Waals surface area contributed by atoms with E-state index in [9.17, 15) is 10.1 Å². The quantitative estimate of drug-likeness (QED) is 0.652. The van der Waals surface area contributed by atoms with Gasteiger partial charge in [0.1, 0.15) is 17.3 Å². The normalized spacial score (nSPS) is 12.1. The molecule has 0 aliphatic rings. The van der Waals surface area contributed by atoms with E-state index in [1.165, 1.54) is 19.2 Å². The van der Waals surface area contributed by atoms with Gasteiger partial charge in [0.15, 0.2) is 0 Å². The number of nitrogens with zero attached hydrogens (tertiary/aromatic N) is 1. The molecule has 0 bridgehead atoms. The van der Waals surface area contributed by atoms with Crippen LogP contribution < -0.4 is 10.1 Å². The van der Waals surface area contributed by atoms with Crippen LogP contribution in [0.15, 0.2) is 34.7 Å². The van der Waals surface area contributed by atoms with E-state index in [0.29, 0.717) is 12.3 Å². The van der Waals surface area contributed by atoms with Gasteiger partial charge in [0.25, 0.3) is 5.69 Å². The summed E-state index contributed by atoms with van der Waals surface area (Å²) in [5, 5.41) is 14.2. The topological polar surface area (TPSA) is 77.5 Å². The van der Waals surface area contributed by atoms with Gasteiger partial charge in [-0.25, -0.2) is 0 Å². The molecule has 0 fully saturated rings. The maximum Gasteiger partial charge on any atom is 0.273 e. The van der Waals surface area contributed by atoms with Crippen LogP contribution >= 0.6 is 0 Å². The van der Waals surface area contributed by atoms with Crippen molar-refractivity contribution >= 4 is 5.69 Å². The molecule has 6 nitrogen and oxygen atoms in total. The number of hydrogen-bond donors (Lipinski definition) is 1. The first-order chi connectivity index (χ1) is 9.99. The average Bonchev–Trinajstić information content (AvgIpc) is 2.91. The Morgan fingerprint density at radius 2 is 2.14 bits per heavy atom. The van der Waals surface area contributed by atoms with Crippen LogP contribution in [0.5, 0.6) is 5.75 Å². The molecule has 1 aromatic carbocycles. The van der Waals surface area contributed by atoms with Crippen molar-refractivity contribution in [2.24, 2.45) is 0 Å².